The van der Waals surface area contributed by atoms with Crippen molar-refractivity contribution < 1.29 is 9.53 Å². The van der Waals surface area contributed by atoms with Crippen molar-refractivity contribution in [3.05, 3.63) is 28.5 Å². The summed E-state index contributed by atoms with van der Waals surface area (Å²) in [6, 6.07) is 1.84. The fourth-order valence-electron chi connectivity index (χ4n) is 2.85. The van der Waals surface area contributed by atoms with Gasteiger partial charge >= 0.3 is 0 Å². The van der Waals surface area contributed by atoms with E-state index in [2.05, 4.69) is 24.1 Å². The van der Waals surface area contributed by atoms with Gasteiger partial charge in [-0.2, -0.15) is 0 Å². The lowest BCUT2D eigenvalue weighted by Gasteiger charge is -2.40. The molecule has 21 heavy (non-hydrogen) atoms. The Morgan fingerprint density at radius 1 is 1.52 bits per heavy atom. The molecule has 1 atom stereocenters. The normalized spacial score (nSPS) is 21.0. The number of aryl methyl sites for hydroxylation is 1. The van der Waals surface area contributed by atoms with Crippen LogP contribution in [0.4, 0.5) is 0 Å². The monoisotopic (exact) mass is 310 g/mol. The predicted octanol–water partition coefficient (Wildman–Crippen LogP) is 3.51. The van der Waals surface area contributed by atoms with Crippen LogP contribution in [-0.4, -0.2) is 29.1 Å². The average Bonchev–Trinajstić information content (AvgIpc) is 2.47. The Hall–Kier alpha value is -1.13. The number of nitrogens with one attached hydrogen (secondary N) is 1. The summed E-state index contributed by atoms with van der Waals surface area (Å²) in [5.41, 5.74) is 1.14. The summed E-state index contributed by atoms with van der Waals surface area (Å²) in [5, 5.41) is 3.52. The van der Waals surface area contributed by atoms with E-state index in [1.54, 1.807) is 12.3 Å². The van der Waals surface area contributed by atoms with Crippen molar-refractivity contribution in [3.63, 3.8) is 0 Å². The zero-order valence-corrected chi connectivity index (χ0v) is 13.7. The number of nitrogens with zero attached hydrogens (tertiary/aromatic N) is 1. The van der Waals surface area contributed by atoms with E-state index in [0.29, 0.717) is 17.2 Å². The molecule has 1 aliphatic rings. The Morgan fingerprint density at radius 2 is 2.24 bits per heavy atom. The van der Waals surface area contributed by atoms with Crippen LogP contribution in [0.2, 0.25) is 5.02 Å². The fourth-order valence-corrected chi connectivity index (χ4v) is 3.14. The molecule has 4 nitrogen and oxygen atoms in total. The van der Waals surface area contributed by atoms with E-state index < -0.39 is 0 Å². The Morgan fingerprint density at radius 3 is 2.86 bits per heavy atom. The molecule has 5 heteroatoms. The maximum atomic E-state index is 12.4. The number of hydrogen-bond acceptors (Lipinski definition) is 3. The maximum absolute atomic E-state index is 12.4. The molecule has 0 aliphatic carbocycles. The van der Waals surface area contributed by atoms with E-state index in [1.165, 1.54) is 0 Å². The van der Waals surface area contributed by atoms with Crippen LogP contribution in [0.1, 0.15) is 55.6 Å². The molecule has 2 heterocycles. The van der Waals surface area contributed by atoms with Crippen molar-refractivity contribution in [2.24, 2.45) is 0 Å². The van der Waals surface area contributed by atoms with Crippen molar-refractivity contribution in [2.45, 2.75) is 58.1 Å². The van der Waals surface area contributed by atoms with E-state index in [0.717, 1.165) is 31.4 Å². The molecule has 0 radical (unpaired) electrons. The van der Waals surface area contributed by atoms with Crippen LogP contribution in [0.3, 0.4) is 0 Å². The number of hydrogen-bond donors (Lipinski definition) is 1. The van der Waals surface area contributed by atoms with Gasteiger partial charge in [-0.15, -0.1) is 0 Å². The number of carbonyl (C=O) groups excluding carboxylic acids is 1. The van der Waals surface area contributed by atoms with Crippen LogP contribution in [0.5, 0.6) is 0 Å². The first-order chi connectivity index (χ1) is 9.99. The zero-order valence-electron chi connectivity index (χ0n) is 12.9. The summed E-state index contributed by atoms with van der Waals surface area (Å²) in [5.74, 6) is -0.152. The Kier molecular flexibility index (Phi) is 5.22. The van der Waals surface area contributed by atoms with Crippen LogP contribution < -0.4 is 5.32 Å². The van der Waals surface area contributed by atoms with Gasteiger partial charge in [0.15, 0.2) is 0 Å². The molecule has 1 saturated heterocycles. The zero-order chi connectivity index (χ0) is 15.5. The second-order valence-corrected chi connectivity index (χ2v) is 6.11. The highest BCUT2D eigenvalue weighted by Gasteiger charge is 2.35. The summed E-state index contributed by atoms with van der Waals surface area (Å²) in [4.78, 5) is 16.5. The van der Waals surface area contributed by atoms with Gasteiger partial charge in [-0.3, -0.25) is 9.78 Å². The largest absolute Gasteiger partial charge is 0.375 e. The van der Waals surface area contributed by atoms with Gasteiger partial charge in [0.25, 0.3) is 5.91 Å². The molecule has 0 bridgehead atoms. The minimum atomic E-state index is -0.152. The number of rotatable bonds is 4. The molecule has 1 N–H and O–H groups in total. The van der Waals surface area contributed by atoms with Gasteiger partial charge in [-0.1, -0.05) is 25.4 Å². The highest BCUT2D eigenvalue weighted by molar-refractivity contribution is 6.33. The molecule has 1 unspecified atom stereocenters. The van der Waals surface area contributed by atoms with Crippen LogP contribution in [0.15, 0.2) is 12.3 Å². The third kappa shape index (κ3) is 3.74. The lowest BCUT2D eigenvalue weighted by Crippen LogP contribution is -2.48. The number of carbonyl (C=O) groups is 1. The highest BCUT2D eigenvalue weighted by Crippen LogP contribution is 2.31. The summed E-state index contributed by atoms with van der Waals surface area (Å²) in [6.45, 7) is 6.80. The first kappa shape index (κ1) is 16.2. The lowest BCUT2D eigenvalue weighted by molar-refractivity contribution is -0.0917. The number of pyridine rings is 1. The molecular weight excluding hydrogens is 288 g/mol. The fraction of sp³-hybridized carbons (Fsp3) is 0.625. The average molecular weight is 311 g/mol. The van der Waals surface area contributed by atoms with Gasteiger partial charge < -0.3 is 10.1 Å². The first-order valence-corrected chi connectivity index (χ1v) is 7.94. The van der Waals surface area contributed by atoms with Crippen LogP contribution in [-0.2, 0) is 4.74 Å². The third-order valence-electron chi connectivity index (χ3n) is 4.35. The minimum Gasteiger partial charge on any atom is -0.375 e. The van der Waals surface area contributed by atoms with Crippen LogP contribution in [0, 0.1) is 6.92 Å². The molecule has 116 valence electrons. The summed E-state index contributed by atoms with van der Waals surface area (Å²) in [7, 11) is 0. The molecule has 2 rings (SSSR count). The Bertz CT molecular complexity index is 515. The van der Waals surface area contributed by atoms with Gasteiger partial charge in [0, 0.05) is 24.5 Å². The van der Waals surface area contributed by atoms with E-state index >= 15 is 0 Å². The summed E-state index contributed by atoms with van der Waals surface area (Å²) < 4.78 is 5.93. The van der Waals surface area contributed by atoms with Crippen molar-refractivity contribution in [1.29, 1.82) is 0 Å². The molecule has 1 aliphatic heterocycles. The molecule has 1 amide bonds. The summed E-state index contributed by atoms with van der Waals surface area (Å²) in [6.07, 6.45) is 5.15. The molecule has 0 aromatic carbocycles. The standard InChI is InChI=1S/C16H23ClN2O2/c1-4-16(5-2)9-12(6-7-21-16)19-15(20)13-10-18-11(3)8-14(13)17/h8,10,12H,4-7,9H2,1-3H3,(H,19,20). The number of ether oxygens (including phenoxy) is 1. The quantitative estimate of drug-likeness (QED) is 0.926. The molecule has 1 fully saturated rings. The van der Waals surface area contributed by atoms with Crippen molar-refractivity contribution in [1.82, 2.24) is 10.3 Å². The van der Waals surface area contributed by atoms with E-state index in [9.17, 15) is 4.79 Å². The summed E-state index contributed by atoms with van der Waals surface area (Å²) >= 11 is 6.13. The van der Waals surface area contributed by atoms with Crippen molar-refractivity contribution in [3.8, 4) is 0 Å². The second kappa shape index (κ2) is 6.75. The molecule has 0 spiro atoms. The number of aromatic nitrogens is 1. The second-order valence-electron chi connectivity index (χ2n) is 5.71. The molecule has 1 aromatic heterocycles. The van der Waals surface area contributed by atoms with Crippen molar-refractivity contribution in [2.75, 3.05) is 6.61 Å². The van der Waals surface area contributed by atoms with Gasteiger partial charge in [0.1, 0.15) is 0 Å². The van der Waals surface area contributed by atoms with Crippen LogP contribution >= 0.6 is 11.6 Å². The van der Waals surface area contributed by atoms with Gasteiger partial charge in [0.05, 0.1) is 16.2 Å². The van der Waals surface area contributed by atoms with Crippen molar-refractivity contribution >= 4 is 17.5 Å². The van der Waals surface area contributed by atoms with E-state index in [1.807, 2.05) is 6.92 Å². The van der Waals surface area contributed by atoms with E-state index in [-0.39, 0.29) is 17.6 Å². The van der Waals surface area contributed by atoms with Gasteiger partial charge in [-0.05, 0) is 38.7 Å². The smallest absolute Gasteiger partial charge is 0.254 e. The highest BCUT2D eigenvalue weighted by atomic mass is 35.5. The molecule has 0 saturated carbocycles. The maximum Gasteiger partial charge on any atom is 0.254 e. The molecule has 1 aromatic rings. The van der Waals surface area contributed by atoms with E-state index in [4.69, 9.17) is 16.3 Å². The third-order valence-corrected chi connectivity index (χ3v) is 4.66. The number of amides is 1. The SMILES string of the molecule is CCC1(CC)CC(NC(=O)c2cnc(C)cc2Cl)CCO1. The minimum absolute atomic E-state index is 0.106. The Balaban J connectivity index is 2.05. The van der Waals surface area contributed by atoms with Gasteiger partial charge in [0.2, 0.25) is 0 Å². The first-order valence-electron chi connectivity index (χ1n) is 7.56. The Labute approximate surface area is 131 Å². The van der Waals surface area contributed by atoms with Crippen LogP contribution in [0.25, 0.3) is 0 Å². The van der Waals surface area contributed by atoms with Gasteiger partial charge in [-0.25, -0.2) is 0 Å². The lowest BCUT2D eigenvalue weighted by atomic mass is 9.86. The molecular formula is C16H23ClN2O2. The topological polar surface area (TPSA) is 51.2 Å². The number of halogens is 1. The predicted molar refractivity (Wildman–Crippen MR) is 83.7 cm³/mol.